The third-order valence-corrected chi connectivity index (χ3v) is 3.03. The van der Waals surface area contributed by atoms with Crippen LogP contribution in [0.4, 0.5) is 5.69 Å². The molecule has 0 saturated carbocycles. The maximum atomic E-state index is 5.92. The summed E-state index contributed by atoms with van der Waals surface area (Å²) in [5.41, 5.74) is 8.21. The van der Waals surface area contributed by atoms with Crippen molar-refractivity contribution in [1.82, 2.24) is 15.2 Å². The molecule has 6 heteroatoms. The molecule has 0 spiro atoms. The summed E-state index contributed by atoms with van der Waals surface area (Å²) in [6, 6.07) is 7.40. The molecule has 0 atom stereocenters. The van der Waals surface area contributed by atoms with Gasteiger partial charge in [0, 0.05) is 15.7 Å². The van der Waals surface area contributed by atoms with Gasteiger partial charge in [-0.25, -0.2) is 4.98 Å². The molecule has 0 aliphatic rings. The topological polar surface area (TPSA) is 80.7 Å². The largest absolute Gasteiger partial charge is 0.472 e. The Morgan fingerprint density at radius 1 is 1.28 bits per heavy atom. The molecule has 90 valence electrons. The lowest BCUT2D eigenvalue weighted by Gasteiger charge is -2.01. The van der Waals surface area contributed by atoms with Crippen molar-refractivity contribution in [2.45, 2.75) is 0 Å². The van der Waals surface area contributed by atoms with Crippen LogP contribution in [0.5, 0.6) is 0 Å². The van der Waals surface area contributed by atoms with Crippen molar-refractivity contribution in [2.75, 3.05) is 5.73 Å². The standard InChI is InChI=1S/C12H9BrN4O/c13-8-1-2-10(14)9(5-8)12-15-11(16-17-12)7-3-4-18-6-7/h1-6H,14H2,(H,15,16,17). The maximum absolute atomic E-state index is 5.92. The summed E-state index contributed by atoms with van der Waals surface area (Å²) in [6.07, 6.45) is 3.18. The van der Waals surface area contributed by atoms with Crippen LogP contribution in [-0.4, -0.2) is 15.2 Å². The molecule has 2 aromatic heterocycles. The van der Waals surface area contributed by atoms with E-state index in [-0.39, 0.29) is 0 Å². The van der Waals surface area contributed by atoms with Crippen molar-refractivity contribution < 1.29 is 4.42 Å². The van der Waals surface area contributed by atoms with Crippen molar-refractivity contribution in [3.63, 3.8) is 0 Å². The first-order valence-corrected chi connectivity index (χ1v) is 6.04. The Bertz CT molecular complexity index is 675. The second-order valence-corrected chi connectivity index (χ2v) is 4.67. The number of rotatable bonds is 2. The highest BCUT2D eigenvalue weighted by Gasteiger charge is 2.11. The van der Waals surface area contributed by atoms with Crippen LogP contribution >= 0.6 is 15.9 Å². The fourth-order valence-electron chi connectivity index (χ4n) is 1.64. The second-order valence-electron chi connectivity index (χ2n) is 3.75. The van der Waals surface area contributed by atoms with E-state index < -0.39 is 0 Å². The van der Waals surface area contributed by atoms with Gasteiger partial charge in [0.25, 0.3) is 0 Å². The van der Waals surface area contributed by atoms with E-state index >= 15 is 0 Å². The number of hydrogen-bond donors (Lipinski definition) is 2. The lowest BCUT2D eigenvalue weighted by atomic mass is 10.2. The summed E-state index contributed by atoms with van der Waals surface area (Å²) in [5, 5.41) is 7.01. The van der Waals surface area contributed by atoms with Crippen LogP contribution in [0.25, 0.3) is 22.8 Å². The average Bonchev–Trinajstić information content (AvgIpc) is 3.00. The predicted molar refractivity (Wildman–Crippen MR) is 71.6 cm³/mol. The molecule has 0 fully saturated rings. The number of nitrogens with zero attached hydrogens (tertiary/aromatic N) is 2. The van der Waals surface area contributed by atoms with Crippen molar-refractivity contribution >= 4 is 21.6 Å². The van der Waals surface area contributed by atoms with Gasteiger partial charge in [-0.2, -0.15) is 5.10 Å². The molecule has 0 radical (unpaired) electrons. The number of H-pyrrole nitrogens is 1. The van der Waals surface area contributed by atoms with Crippen LogP contribution in [-0.2, 0) is 0 Å². The summed E-state index contributed by atoms with van der Waals surface area (Å²) >= 11 is 3.41. The summed E-state index contributed by atoms with van der Waals surface area (Å²) in [6.45, 7) is 0. The van der Waals surface area contributed by atoms with Gasteiger partial charge in [0.1, 0.15) is 6.26 Å². The Hall–Kier alpha value is -2.08. The molecular formula is C12H9BrN4O. The van der Waals surface area contributed by atoms with E-state index in [0.29, 0.717) is 17.3 Å². The minimum Gasteiger partial charge on any atom is -0.472 e. The molecule has 0 aliphatic heterocycles. The van der Waals surface area contributed by atoms with Crippen LogP contribution < -0.4 is 5.73 Å². The van der Waals surface area contributed by atoms with E-state index in [1.165, 1.54) is 0 Å². The number of benzene rings is 1. The summed E-state index contributed by atoms with van der Waals surface area (Å²) in [4.78, 5) is 4.40. The second kappa shape index (κ2) is 4.30. The summed E-state index contributed by atoms with van der Waals surface area (Å²) < 4.78 is 5.94. The predicted octanol–water partition coefficient (Wildman–Crippen LogP) is 3.08. The quantitative estimate of drug-likeness (QED) is 0.713. The fourth-order valence-corrected chi connectivity index (χ4v) is 2.00. The molecule has 2 heterocycles. The van der Waals surface area contributed by atoms with Gasteiger partial charge < -0.3 is 10.2 Å². The van der Waals surface area contributed by atoms with Gasteiger partial charge in [-0.05, 0) is 24.3 Å². The molecule has 18 heavy (non-hydrogen) atoms. The molecular weight excluding hydrogens is 296 g/mol. The number of hydrogen-bond acceptors (Lipinski definition) is 4. The van der Waals surface area contributed by atoms with E-state index in [1.807, 2.05) is 18.2 Å². The number of nitrogens with one attached hydrogen (secondary N) is 1. The SMILES string of the molecule is Nc1ccc(Br)cc1-c1nc(-c2ccoc2)n[nH]1. The Kier molecular flexibility index (Phi) is 2.64. The zero-order chi connectivity index (χ0) is 12.5. The highest BCUT2D eigenvalue weighted by Crippen LogP contribution is 2.27. The van der Waals surface area contributed by atoms with Crippen LogP contribution in [0.15, 0.2) is 45.7 Å². The Balaban J connectivity index is 2.05. The summed E-state index contributed by atoms with van der Waals surface area (Å²) in [5.74, 6) is 1.21. The molecule has 5 nitrogen and oxygen atoms in total. The maximum Gasteiger partial charge on any atom is 0.184 e. The molecule has 0 amide bonds. The zero-order valence-corrected chi connectivity index (χ0v) is 10.8. The van der Waals surface area contributed by atoms with Gasteiger partial charge in [0.05, 0.1) is 11.8 Å². The fraction of sp³-hybridized carbons (Fsp3) is 0. The third kappa shape index (κ3) is 1.91. The van der Waals surface area contributed by atoms with E-state index in [1.54, 1.807) is 18.6 Å². The lowest BCUT2D eigenvalue weighted by Crippen LogP contribution is -1.91. The highest BCUT2D eigenvalue weighted by atomic mass is 79.9. The number of halogens is 1. The Morgan fingerprint density at radius 2 is 2.17 bits per heavy atom. The van der Waals surface area contributed by atoms with Crippen LogP contribution in [0.3, 0.4) is 0 Å². The molecule has 1 aromatic carbocycles. The van der Waals surface area contributed by atoms with Gasteiger partial charge in [-0.1, -0.05) is 15.9 Å². The normalized spacial score (nSPS) is 10.7. The zero-order valence-electron chi connectivity index (χ0n) is 9.22. The van der Waals surface area contributed by atoms with Crippen molar-refractivity contribution in [3.05, 3.63) is 41.3 Å². The minimum absolute atomic E-state index is 0.582. The van der Waals surface area contributed by atoms with Gasteiger partial charge in [-0.15, -0.1) is 0 Å². The monoisotopic (exact) mass is 304 g/mol. The number of anilines is 1. The van der Waals surface area contributed by atoms with Gasteiger partial charge in [0.15, 0.2) is 11.6 Å². The van der Waals surface area contributed by atoms with Crippen molar-refractivity contribution in [3.8, 4) is 22.8 Å². The van der Waals surface area contributed by atoms with E-state index in [0.717, 1.165) is 15.6 Å². The summed E-state index contributed by atoms with van der Waals surface area (Å²) in [7, 11) is 0. The van der Waals surface area contributed by atoms with Crippen LogP contribution in [0.2, 0.25) is 0 Å². The molecule has 3 N–H and O–H groups in total. The first kappa shape index (κ1) is 11.0. The molecule has 3 rings (SSSR count). The highest BCUT2D eigenvalue weighted by molar-refractivity contribution is 9.10. The van der Waals surface area contributed by atoms with E-state index in [4.69, 9.17) is 10.2 Å². The number of aromatic nitrogens is 3. The number of aromatic amines is 1. The van der Waals surface area contributed by atoms with Gasteiger partial charge in [0.2, 0.25) is 0 Å². The number of nitrogen functional groups attached to an aromatic ring is 1. The molecule has 0 bridgehead atoms. The van der Waals surface area contributed by atoms with Crippen molar-refractivity contribution in [2.24, 2.45) is 0 Å². The van der Waals surface area contributed by atoms with Crippen LogP contribution in [0.1, 0.15) is 0 Å². The molecule has 0 aliphatic carbocycles. The lowest BCUT2D eigenvalue weighted by molar-refractivity contribution is 0.568. The first-order chi connectivity index (χ1) is 8.74. The van der Waals surface area contributed by atoms with Gasteiger partial charge >= 0.3 is 0 Å². The Morgan fingerprint density at radius 3 is 2.94 bits per heavy atom. The molecule has 0 unspecified atom stereocenters. The smallest absolute Gasteiger partial charge is 0.184 e. The third-order valence-electron chi connectivity index (χ3n) is 2.54. The minimum atomic E-state index is 0.582. The molecule has 0 saturated heterocycles. The Labute approximate surface area is 111 Å². The van der Waals surface area contributed by atoms with E-state index in [2.05, 4.69) is 31.1 Å². The van der Waals surface area contributed by atoms with E-state index in [9.17, 15) is 0 Å². The average molecular weight is 305 g/mol. The first-order valence-electron chi connectivity index (χ1n) is 5.24. The number of furan rings is 1. The van der Waals surface area contributed by atoms with Crippen LogP contribution in [0, 0.1) is 0 Å². The number of nitrogens with two attached hydrogens (primary N) is 1. The molecule has 3 aromatic rings. The van der Waals surface area contributed by atoms with Gasteiger partial charge in [-0.3, -0.25) is 5.10 Å². The van der Waals surface area contributed by atoms with Crippen molar-refractivity contribution in [1.29, 1.82) is 0 Å².